The molecule has 1 aromatic carbocycles. The average molecular weight is 266 g/mol. The van der Waals surface area contributed by atoms with Gasteiger partial charge in [-0.1, -0.05) is 6.07 Å². The minimum Gasteiger partial charge on any atom is -0.297 e. The largest absolute Gasteiger partial charge is 0.328 e. The number of carbonyl (C=O) groups is 2. The van der Waals surface area contributed by atoms with Crippen LogP contribution in [-0.4, -0.2) is 24.4 Å². The predicted octanol–water partition coefficient (Wildman–Crippen LogP) is 1.86. The molecule has 0 aliphatic rings. The molecule has 0 bridgehead atoms. The molecule has 0 saturated heterocycles. The Labute approximate surface area is 110 Å². The second-order valence-electron chi connectivity index (χ2n) is 3.63. The van der Waals surface area contributed by atoms with Gasteiger partial charge in [-0.05, 0) is 25.1 Å². The highest BCUT2D eigenvalue weighted by Gasteiger charge is 2.17. The third kappa shape index (κ3) is 3.47. The molecule has 18 heavy (non-hydrogen) atoms. The molecule has 0 saturated carbocycles. The van der Waals surface area contributed by atoms with Crippen LogP contribution in [0.2, 0.25) is 0 Å². The lowest BCUT2D eigenvalue weighted by Crippen LogP contribution is -2.43. The topological polar surface area (TPSA) is 73.2 Å². The molecule has 5 nitrogen and oxygen atoms in total. The molecule has 0 heterocycles. The van der Waals surface area contributed by atoms with Crippen LogP contribution in [0.15, 0.2) is 24.3 Å². The Morgan fingerprint density at radius 1 is 1.50 bits per heavy atom. The highest BCUT2D eigenvalue weighted by Crippen LogP contribution is 2.14. The fraction of sp³-hybridized carbons (Fsp3) is 0.250. The van der Waals surface area contributed by atoms with Gasteiger partial charge >= 0.3 is 6.03 Å². The highest BCUT2D eigenvalue weighted by atomic mass is 35.5. The number of hydrogen-bond acceptors (Lipinski definition) is 3. The minimum absolute atomic E-state index is 0.434. The fourth-order valence-corrected chi connectivity index (χ4v) is 1.24. The maximum absolute atomic E-state index is 11.7. The van der Waals surface area contributed by atoms with Crippen molar-refractivity contribution in [1.29, 1.82) is 5.26 Å². The number of nitrogens with zero attached hydrogens (tertiary/aromatic N) is 2. The number of alkyl halides is 1. The number of amides is 3. The molecular formula is C12H12ClN3O2. The van der Waals surface area contributed by atoms with E-state index in [4.69, 9.17) is 16.9 Å². The summed E-state index contributed by atoms with van der Waals surface area (Å²) < 4.78 is 0. The van der Waals surface area contributed by atoms with Crippen molar-refractivity contribution >= 4 is 29.2 Å². The molecule has 3 amide bonds. The van der Waals surface area contributed by atoms with Gasteiger partial charge in [0.2, 0.25) is 5.91 Å². The highest BCUT2D eigenvalue weighted by molar-refractivity contribution is 6.31. The van der Waals surface area contributed by atoms with Crippen LogP contribution in [0.5, 0.6) is 0 Å². The van der Waals surface area contributed by atoms with Crippen LogP contribution in [-0.2, 0) is 4.79 Å². The first-order valence-electron chi connectivity index (χ1n) is 5.18. The van der Waals surface area contributed by atoms with Gasteiger partial charge in [-0.25, -0.2) is 4.79 Å². The summed E-state index contributed by atoms with van der Waals surface area (Å²) in [7, 11) is 1.50. The van der Waals surface area contributed by atoms with E-state index in [1.165, 1.54) is 18.9 Å². The Hall–Kier alpha value is -2.06. The first-order valence-corrected chi connectivity index (χ1v) is 5.62. The number of nitriles is 1. The zero-order valence-corrected chi connectivity index (χ0v) is 10.7. The second kappa shape index (κ2) is 6.03. The van der Waals surface area contributed by atoms with Gasteiger partial charge in [-0.2, -0.15) is 5.26 Å². The predicted molar refractivity (Wildman–Crippen MR) is 68.4 cm³/mol. The van der Waals surface area contributed by atoms with Crippen molar-refractivity contribution in [2.75, 3.05) is 11.9 Å². The molecule has 0 aliphatic carbocycles. The Bertz CT molecular complexity index is 508. The van der Waals surface area contributed by atoms with Crippen molar-refractivity contribution in [1.82, 2.24) is 5.32 Å². The van der Waals surface area contributed by atoms with Crippen LogP contribution in [0.4, 0.5) is 10.5 Å². The summed E-state index contributed by atoms with van der Waals surface area (Å²) in [6.45, 7) is 1.47. The summed E-state index contributed by atoms with van der Waals surface area (Å²) in [5.74, 6) is -0.565. The van der Waals surface area contributed by atoms with E-state index in [1.54, 1.807) is 24.3 Å². The van der Waals surface area contributed by atoms with Crippen LogP contribution in [0, 0.1) is 11.3 Å². The maximum atomic E-state index is 11.7. The molecule has 1 rings (SSSR count). The summed E-state index contributed by atoms with van der Waals surface area (Å²) in [6.07, 6.45) is 0. The second-order valence-corrected chi connectivity index (χ2v) is 4.29. The van der Waals surface area contributed by atoms with E-state index in [9.17, 15) is 9.59 Å². The third-order valence-corrected chi connectivity index (χ3v) is 2.46. The van der Waals surface area contributed by atoms with Gasteiger partial charge in [0, 0.05) is 12.7 Å². The normalized spacial score (nSPS) is 11.2. The average Bonchev–Trinajstić information content (AvgIpc) is 2.37. The van der Waals surface area contributed by atoms with E-state index in [0.29, 0.717) is 11.3 Å². The summed E-state index contributed by atoms with van der Waals surface area (Å²) in [4.78, 5) is 24.2. The summed E-state index contributed by atoms with van der Waals surface area (Å²) in [6, 6.07) is 7.87. The molecule has 1 N–H and O–H groups in total. The zero-order chi connectivity index (χ0) is 13.7. The number of halogens is 1. The molecule has 94 valence electrons. The molecule has 0 aromatic heterocycles. The van der Waals surface area contributed by atoms with Gasteiger partial charge in [-0.15, -0.1) is 11.6 Å². The first-order chi connectivity index (χ1) is 8.45. The van der Waals surface area contributed by atoms with Crippen molar-refractivity contribution in [2.24, 2.45) is 0 Å². The molecule has 1 aromatic rings. The number of imide groups is 1. The lowest BCUT2D eigenvalue weighted by atomic mass is 10.2. The smallest absolute Gasteiger partial charge is 0.297 e. The minimum atomic E-state index is -0.784. The van der Waals surface area contributed by atoms with Gasteiger partial charge in [0.15, 0.2) is 0 Å². The van der Waals surface area contributed by atoms with Crippen molar-refractivity contribution in [3.8, 4) is 6.07 Å². The molecule has 0 spiro atoms. The summed E-state index contributed by atoms with van der Waals surface area (Å²) in [5.41, 5.74) is 0.950. The molecule has 1 atom stereocenters. The number of hydrogen-bond donors (Lipinski definition) is 1. The van der Waals surface area contributed by atoms with E-state index in [0.717, 1.165) is 0 Å². The SMILES string of the molecule is CC(Cl)C(=O)NC(=O)N(C)c1cccc(C#N)c1. The van der Waals surface area contributed by atoms with Gasteiger partial charge in [0.25, 0.3) is 0 Å². The Kier molecular flexibility index (Phi) is 4.69. The van der Waals surface area contributed by atoms with Crippen molar-refractivity contribution in [2.45, 2.75) is 12.3 Å². The molecule has 6 heteroatoms. The van der Waals surface area contributed by atoms with Gasteiger partial charge < -0.3 is 0 Å². The standard InChI is InChI=1S/C12H12ClN3O2/c1-8(13)11(17)15-12(18)16(2)10-5-3-4-9(6-10)7-14/h3-6,8H,1-2H3,(H,15,17,18). The van der Waals surface area contributed by atoms with E-state index in [2.05, 4.69) is 5.32 Å². The third-order valence-electron chi connectivity index (χ3n) is 2.26. The number of nitrogens with one attached hydrogen (secondary N) is 1. The summed E-state index contributed by atoms with van der Waals surface area (Å²) >= 11 is 5.54. The Morgan fingerprint density at radius 2 is 2.17 bits per heavy atom. The number of carbonyl (C=O) groups excluding carboxylic acids is 2. The van der Waals surface area contributed by atoms with Crippen LogP contribution in [0.3, 0.4) is 0 Å². The van der Waals surface area contributed by atoms with E-state index in [1.807, 2.05) is 6.07 Å². The van der Waals surface area contributed by atoms with Crippen LogP contribution in [0.1, 0.15) is 12.5 Å². The Morgan fingerprint density at radius 3 is 2.72 bits per heavy atom. The quantitative estimate of drug-likeness (QED) is 0.830. The molecule has 1 unspecified atom stereocenters. The maximum Gasteiger partial charge on any atom is 0.328 e. The van der Waals surface area contributed by atoms with Gasteiger partial charge in [-0.3, -0.25) is 15.0 Å². The van der Waals surface area contributed by atoms with Crippen LogP contribution >= 0.6 is 11.6 Å². The monoisotopic (exact) mass is 265 g/mol. The van der Waals surface area contributed by atoms with E-state index < -0.39 is 17.3 Å². The van der Waals surface area contributed by atoms with Crippen molar-refractivity contribution in [3.05, 3.63) is 29.8 Å². The number of rotatable bonds is 2. The number of anilines is 1. The lowest BCUT2D eigenvalue weighted by Gasteiger charge is -2.18. The molecule has 0 aliphatic heterocycles. The zero-order valence-electron chi connectivity index (χ0n) is 9.98. The van der Waals surface area contributed by atoms with Crippen LogP contribution < -0.4 is 10.2 Å². The van der Waals surface area contributed by atoms with E-state index in [-0.39, 0.29) is 0 Å². The van der Waals surface area contributed by atoms with Gasteiger partial charge in [0.05, 0.1) is 11.6 Å². The molecule has 0 fully saturated rings. The molecule has 0 radical (unpaired) electrons. The van der Waals surface area contributed by atoms with Crippen molar-refractivity contribution < 1.29 is 9.59 Å². The first kappa shape index (κ1) is 14.0. The van der Waals surface area contributed by atoms with Gasteiger partial charge in [0.1, 0.15) is 5.38 Å². The van der Waals surface area contributed by atoms with Crippen molar-refractivity contribution in [3.63, 3.8) is 0 Å². The lowest BCUT2D eigenvalue weighted by molar-refractivity contribution is -0.119. The number of benzene rings is 1. The fourth-order valence-electron chi connectivity index (χ4n) is 1.19. The Balaban J connectivity index is 2.80. The summed E-state index contributed by atoms with van der Waals surface area (Å²) in [5, 5.41) is 10.1. The van der Waals surface area contributed by atoms with E-state index >= 15 is 0 Å². The molecular weight excluding hydrogens is 254 g/mol. The number of urea groups is 1. The van der Waals surface area contributed by atoms with Crippen LogP contribution in [0.25, 0.3) is 0 Å².